The van der Waals surface area contributed by atoms with Crippen molar-refractivity contribution in [2.75, 3.05) is 34.0 Å². The number of aliphatic hydroxyl groups excluding tert-OH is 1. The Hall–Kier alpha value is -3.32. The summed E-state index contributed by atoms with van der Waals surface area (Å²) in [7, 11) is 3.10. The zero-order chi connectivity index (χ0) is 27.5. The number of Topliss-reactive ketones (excluding diaryl/α,β-unsaturated/α-hetero) is 1. The number of hydrogen-bond acceptors (Lipinski definition) is 6. The summed E-state index contributed by atoms with van der Waals surface area (Å²) in [5.41, 5.74) is 2.88. The molecule has 1 aliphatic heterocycles. The fourth-order valence-corrected chi connectivity index (χ4v) is 4.37. The highest BCUT2D eigenvalue weighted by Gasteiger charge is 2.46. The zero-order valence-electron chi connectivity index (χ0n) is 23.2. The van der Waals surface area contributed by atoms with Gasteiger partial charge in [0.25, 0.3) is 11.7 Å². The molecule has 2 aromatic carbocycles. The Bertz CT molecular complexity index is 1190. The molecule has 1 saturated heterocycles. The van der Waals surface area contributed by atoms with Gasteiger partial charge in [-0.3, -0.25) is 9.59 Å². The summed E-state index contributed by atoms with van der Waals surface area (Å²) in [4.78, 5) is 28.0. The molecule has 1 N–H and O–H groups in total. The molecule has 3 rings (SSSR count). The molecule has 1 aliphatic rings. The van der Waals surface area contributed by atoms with Crippen LogP contribution >= 0.6 is 0 Å². The lowest BCUT2D eigenvalue weighted by Crippen LogP contribution is -2.32. The Kier molecular flexibility index (Phi) is 8.69. The van der Waals surface area contributed by atoms with Crippen molar-refractivity contribution in [3.8, 4) is 11.5 Å². The molecule has 200 valence electrons. The second-order valence-corrected chi connectivity index (χ2v) is 10.9. The van der Waals surface area contributed by atoms with Crippen LogP contribution in [-0.4, -0.2) is 55.7 Å². The topological polar surface area (TPSA) is 85.3 Å². The highest BCUT2D eigenvalue weighted by atomic mass is 16.5. The molecule has 7 nitrogen and oxygen atoms in total. The molecule has 37 heavy (non-hydrogen) atoms. The minimum absolute atomic E-state index is 0.0511. The largest absolute Gasteiger partial charge is 0.507 e. The highest BCUT2D eigenvalue weighted by Crippen LogP contribution is 2.42. The second-order valence-electron chi connectivity index (χ2n) is 10.9. The normalized spacial score (nSPS) is 17.5. The van der Waals surface area contributed by atoms with Gasteiger partial charge in [-0.15, -0.1) is 0 Å². The van der Waals surface area contributed by atoms with Crippen LogP contribution in [0.15, 0.2) is 42.0 Å². The molecule has 0 bridgehead atoms. The molecule has 1 unspecified atom stereocenters. The van der Waals surface area contributed by atoms with Crippen molar-refractivity contribution in [2.45, 2.75) is 53.0 Å². The number of hydrogen-bond donors (Lipinski definition) is 1. The quantitative estimate of drug-likeness (QED) is 0.277. The summed E-state index contributed by atoms with van der Waals surface area (Å²) in [6.07, 6.45) is 0. The molecule has 0 aromatic heterocycles. The number of ketones is 1. The Balaban J connectivity index is 2.23. The van der Waals surface area contributed by atoms with E-state index in [1.54, 1.807) is 25.3 Å². The van der Waals surface area contributed by atoms with Gasteiger partial charge in [-0.2, -0.15) is 0 Å². The Morgan fingerprint density at radius 3 is 2.35 bits per heavy atom. The summed E-state index contributed by atoms with van der Waals surface area (Å²) in [5.74, 6) is -0.233. The molecule has 0 spiro atoms. The van der Waals surface area contributed by atoms with Gasteiger partial charge in [0, 0.05) is 19.2 Å². The molecule has 0 radical (unpaired) electrons. The summed E-state index contributed by atoms with van der Waals surface area (Å²) in [6, 6.07) is 10.4. The van der Waals surface area contributed by atoms with Crippen LogP contribution in [0.5, 0.6) is 11.5 Å². The summed E-state index contributed by atoms with van der Waals surface area (Å²) >= 11 is 0. The predicted octanol–water partition coefficient (Wildman–Crippen LogP) is 5.40. The Morgan fingerprint density at radius 1 is 1.05 bits per heavy atom. The minimum atomic E-state index is -0.805. The average molecular weight is 510 g/mol. The van der Waals surface area contributed by atoms with Crippen molar-refractivity contribution in [1.29, 1.82) is 0 Å². The standard InChI is InChI=1S/C30H39NO6/c1-18(2)17-37-24-15-20(10-12-23(24)36-8)26-25(28(33)29(34)31(26)13-14-35-7)27(32)22-16-21(30(4,5)6)11-9-19(22)3/h9-12,15-16,18,26,32H,13-14,17H2,1-8H3/b27-25+. The van der Waals surface area contributed by atoms with Gasteiger partial charge < -0.3 is 24.2 Å². The first-order chi connectivity index (χ1) is 17.4. The monoisotopic (exact) mass is 509 g/mol. The fraction of sp³-hybridized carbons (Fsp3) is 0.467. The average Bonchev–Trinajstić information content (AvgIpc) is 3.09. The van der Waals surface area contributed by atoms with E-state index in [1.807, 2.05) is 39.0 Å². The van der Waals surface area contributed by atoms with Crippen LogP contribution in [0.3, 0.4) is 0 Å². The van der Waals surface area contributed by atoms with Crippen molar-refractivity contribution < 1.29 is 28.9 Å². The number of aliphatic hydroxyl groups is 1. The zero-order valence-corrected chi connectivity index (χ0v) is 23.2. The summed E-state index contributed by atoms with van der Waals surface area (Å²) in [6.45, 7) is 13.1. The van der Waals surface area contributed by atoms with E-state index in [2.05, 4.69) is 20.8 Å². The van der Waals surface area contributed by atoms with E-state index < -0.39 is 17.7 Å². The lowest BCUT2D eigenvalue weighted by molar-refractivity contribution is -0.140. The van der Waals surface area contributed by atoms with Gasteiger partial charge in [0.1, 0.15) is 5.76 Å². The maximum Gasteiger partial charge on any atom is 0.295 e. The molecule has 0 saturated carbocycles. The lowest BCUT2D eigenvalue weighted by Gasteiger charge is -2.26. The number of aryl methyl sites for hydroxylation is 1. The fourth-order valence-electron chi connectivity index (χ4n) is 4.37. The van der Waals surface area contributed by atoms with E-state index >= 15 is 0 Å². The predicted molar refractivity (Wildman–Crippen MR) is 144 cm³/mol. The van der Waals surface area contributed by atoms with Gasteiger partial charge in [0.05, 0.1) is 31.9 Å². The van der Waals surface area contributed by atoms with Crippen LogP contribution in [0, 0.1) is 12.8 Å². The second kappa shape index (κ2) is 11.4. The van der Waals surface area contributed by atoms with Gasteiger partial charge >= 0.3 is 0 Å². The smallest absolute Gasteiger partial charge is 0.295 e. The summed E-state index contributed by atoms with van der Waals surface area (Å²) in [5, 5.41) is 11.6. The number of nitrogens with zero attached hydrogens (tertiary/aromatic N) is 1. The van der Waals surface area contributed by atoms with E-state index in [0.29, 0.717) is 35.2 Å². The van der Waals surface area contributed by atoms with Gasteiger partial charge in [-0.1, -0.05) is 52.8 Å². The van der Waals surface area contributed by atoms with E-state index in [4.69, 9.17) is 14.2 Å². The van der Waals surface area contributed by atoms with Crippen LogP contribution in [0.25, 0.3) is 5.76 Å². The summed E-state index contributed by atoms with van der Waals surface area (Å²) < 4.78 is 16.7. The van der Waals surface area contributed by atoms with Crippen LogP contribution < -0.4 is 9.47 Å². The van der Waals surface area contributed by atoms with E-state index in [1.165, 1.54) is 12.0 Å². The first kappa shape index (κ1) is 28.3. The lowest BCUT2D eigenvalue weighted by atomic mass is 9.84. The van der Waals surface area contributed by atoms with E-state index in [9.17, 15) is 14.7 Å². The molecule has 2 aromatic rings. The third kappa shape index (κ3) is 5.99. The minimum Gasteiger partial charge on any atom is -0.507 e. The molecular formula is C30H39NO6. The Morgan fingerprint density at radius 2 is 1.76 bits per heavy atom. The van der Waals surface area contributed by atoms with Crippen molar-refractivity contribution in [2.24, 2.45) is 5.92 Å². The van der Waals surface area contributed by atoms with E-state index in [0.717, 1.165) is 11.1 Å². The molecule has 1 heterocycles. The molecule has 0 aliphatic carbocycles. The van der Waals surface area contributed by atoms with Crippen LogP contribution in [0.2, 0.25) is 0 Å². The van der Waals surface area contributed by atoms with Crippen LogP contribution in [0.1, 0.15) is 62.9 Å². The Labute approximate surface area is 220 Å². The van der Waals surface area contributed by atoms with Crippen molar-refractivity contribution in [3.63, 3.8) is 0 Å². The number of benzene rings is 2. The number of amides is 1. The number of rotatable bonds is 9. The van der Waals surface area contributed by atoms with E-state index in [-0.39, 0.29) is 29.9 Å². The maximum absolute atomic E-state index is 13.4. The molecule has 1 amide bonds. The third-order valence-corrected chi connectivity index (χ3v) is 6.51. The maximum atomic E-state index is 13.4. The number of carbonyl (C=O) groups excluding carboxylic acids is 2. The molecule has 7 heteroatoms. The first-order valence-corrected chi connectivity index (χ1v) is 12.6. The molecule has 1 atom stereocenters. The van der Waals surface area contributed by atoms with Crippen LogP contribution in [0.4, 0.5) is 0 Å². The SMILES string of the molecule is COCCN1C(=O)C(=O)/C(=C(/O)c2cc(C(C)(C)C)ccc2C)C1c1ccc(OC)c(OCC(C)C)c1. The molecular weight excluding hydrogens is 470 g/mol. The highest BCUT2D eigenvalue weighted by molar-refractivity contribution is 6.46. The van der Waals surface area contributed by atoms with Gasteiger partial charge in [-0.25, -0.2) is 0 Å². The first-order valence-electron chi connectivity index (χ1n) is 12.6. The van der Waals surface area contributed by atoms with Gasteiger partial charge in [0.15, 0.2) is 11.5 Å². The number of likely N-dealkylation sites (tertiary alicyclic amines) is 1. The van der Waals surface area contributed by atoms with Gasteiger partial charge in [0.2, 0.25) is 0 Å². The van der Waals surface area contributed by atoms with Gasteiger partial charge in [-0.05, 0) is 53.1 Å². The number of methoxy groups -OCH3 is 2. The van der Waals surface area contributed by atoms with Crippen molar-refractivity contribution in [1.82, 2.24) is 4.90 Å². The van der Waals surface area contributed by atoms with Crippen molar-refractivity contribution >= 4 is 17.4 Å². The number of carbonyl (C=O) groups is 2. The van der Waals surface area contributed by atoms with Crippen LogP contribution in [-0.2, 0) is 19.7 Å². The third-order valence-electron chi connectivity index (χ3n) is 6.51. The molecule has 1 fully saturated rings. The number of ether oxygens (including phenoxy) is 3. The van der Waals surface area contributed by atoms with Crippen molar-refractivity contribution in [3.05, 3.63) is 64.2 Å².